The van der Waals surface area contributed by atoms with Crippen LogP contribution in [0.3, 0.4) is 0 Å². The van der Waals surface area contributed by atoms with Gasteiger partial charge >= 0.3 is 0 Å². The highest BCUT2D eigenvalue weighted by molar-refractivity contribution is 7.89. The number of benzene rings is 2. The van der Waals surface area contributed by atoms with Gasteiger partial charge in [0.05, 0.1) is 28.8 Å². The minimum Gasteiger partial charge on any atom is -0.497 e. The SMILES string of the molecule is COCCn1c(=NC(=O)C2CCN(S(=O)(=O)c3ccc(OC)cc3)CC2)sc2cc(C)c(C)cc21. The summed E-state index contributed by atoms with van der Waals surface area (Å²) in [5, 5.41) is 0. The minimum atomic E-state index is -3.62. The van der Waals surface area contributed by atoms with E-state index < -0.39 is 10.0 Å². The molecule has 1 saturated heterocycles. The van der Waals surface area contributed by atoms with E-state index >= 15 is 0 Å². The third-order valence-corrected chi connectivity index (χ3v) is 9.48. The van der Waals surface area contributed by atoms with Crippen LogP contribution in [0.25, 0.3) is 10.2 Å². The number of piperidine rings is 1. The summed E-state index contributed by atoms with van der Waals surface area (Å²) >= 11 is 1.50. The summed E-state index contributed by atoms with van der Waals surface area (Å²) in [6, 6.07) is 10.6. The number of hydrogen-bond acceptors (Lipinski definition) is 6. The van der Waals surface area contributed by atoms with Gasteiger partial charge in [0, 0.05) is 32.7 Å². The molecule has 8 nitrogen and oxygen atoms in total. The molecule has 188 valence electrons. The molecule has 0 radical (unpaired) electrons. The average molecular weight is 518 g/mol. The van der Waals surface area contributed by atoms with Crippen LogP contribution in [0.5, 0.6) is 5.75 Å². The summed E-state index contributed by atoms with van der Waals surface area (Å²) in [5.41, 5.74) is 3.42. The smallest absolute Gasteiger partial charge is 0.251 e. The molecule has 1 aliphatic heterocycles. The molecular formula is C25H31N3O5S2. The summed E-state index contributed by atoms with van der Waals surface area (Å²) in [6.45, 7) is 5.83. The maximum absolute atomic E-state index is 13.1. The van der Waals surface area contributed by atoms with Crippen molar-refractivity contribution in [2.75, 3.05) is 33.9 Å². The zero-order valence-electron chi connectivity index (χ0n) is 20.5. The van der Waals surface area contributed by atoms with Crippen LogP contribution in [-0.2, 0) is 26.1 Å². The maximum atomic E-state index is 13.1. The van der Waals surface area contributed by atoms with Crippen LogP contribution in [0.2, 0.25) is 0 Å². The monoisotopic (exact) mass is 517 g/mol. The van der Waals surface area contributed by atoms with Crippen molar-refractivity contribution in [2.45, 2.75) is 38.1 Å². The average Bonchev–Trinajstić information content (AvgIpc) is 3.18. The van der Waals surface area contributed by atoms with Gasteiger partial charge in [-0.25, -0.2) is 8.42 Å². The van der Waals surface area contributed by atoms with Gasteiger partial charge in [0.15, 0.2) is 4.80 Å². The molecule has 35 heavy (non-hydrogen) atoms. The summed E-state index contributed by atoms with van der Waals surface area (Å²) < 4.78 is 41.0. The van der Waals surface area contributed by atoms with E-state index in [2.05, 4.69) is 31.0 Å². The van der Waals surface area contributed by atoms with Crippen LogP contribution in [0.15, 0.2) is 46.3 Å². The highest BCUT2D eigenvalue weighted by atomic mass is 32.2. The highest BCUT2D eigenvalue weighted by Crippen LogP contribution is 2.26. The Labute approximate surface area is 209 Å². The van der Waals surface area contributed by atoms with Crippen molar-refractivity contribution in [2.24, 2.45) is 10.9 Å². The van der Waals surface area contributed by atoms with E-state index in [0.29, 0.717) is 36.5 Å². The van der Waals surface area contributed by atoms with Crippen LogP contribution >= 0.6 is 11.3 Å². The quantitative estimate of drug-likeness (QED) is 0.479. The molecule has 0 aliphatic carbocycles. The van der Waals surface area contributed by atoms with Gasteiger partial charge in [-0.3, -0.25) is 4.79 Å². The third kappa shape index (κ3) is 5.35. The van der Waals surface area contributed by atoms with Crippen molar-refractivity contribution in [1.29, 1.82) is 0 Å². The van der Waals surface area contributed by atoms with Crippen molar-refractivity contribution in [3.05, 3.63) is 52.3 Å². The zero-order valence-corrected chi connectivity index (χ0v) is 22.1. The Hall–Kier alpha value is -2.53. The number of aromatic nitrogens is 1. The number of carbonyl (C=O) groups is 1. The second kappa shape index (κ2) is 10.6. The van der Waals surface area contributed by atoms with E-state index in [0.717, 1.165) is 10.2 Å². The molecule has 1 aliphatic rings. The summed E-state index contributed by atoms with van der Waals surface area (Å²) in [5.74, 6) is 0.101. The molecule has 10 heteroatoms. The van der Waals surface area contributed by atoms with Crippen LogP contribution in [0, 0.1) is 19.8 Å². The van der Waals surface area contributed by atoms with Gasteiger partial charge in [0.1, 0.15) is 5.75 Å². The molecule has 2 heterocycles. The number of ether oxygens (including phenoxy) is 2. The van der Waals surface area contributed by atoms with E-state index in [1.165, 1.54) is 33.9 Å². The Morgan fingerprint density at radius 3 is 2.37 bits per heavy atom. The molecule has 3 aromatic rings. The molecule has 1 fully saturated rings. The Balaban J connectivity index is 1.53. The fourth-order valence-electron chi connectivity index (χ4n) is 4.23. The molecule has 0 unspecified atom stereocenters. The first-order chi connectivity index (χ1) is 16.7. The predicted octanol–water partition coefficient (Wildman–Crippen LogP) is 3.50. The Bertz CT molecular complexity index is 1380. The van der Waals surface area contributed by atoms with Crippen molar-refractivity contribution in [1.82, 2.24) is 8.87 Å². The van der Waals surface area contributed by atoms with Crippen LogP contribution < -0.4 is 9.54 Å². The van der Waals surface area contributed by atoms with E-state index in [4.69, 9.17) is 9.47 Å². The van der Waals surface area contributed by atoms with Crippen LogP contribution in [0.4, 0.5) is 0 Å². The highest BCUT2D eigenvalue weighted by Gasteiger charge is 2.32. The second-order valence-corrected chi connectivity index (χ2v) is 11.7. The molecule has 1 aromatic heterocycles. The number of sulfonamides is 1. The fourth-order valence-corrected chi connectivity index (χ4v) is 6.84. The van der Waals surface area contributed by atoms with Crippen LogP contribution in [-0.4, -0.2) is 57.1 Å². The standard InChI is InChI=1S/C25H31N3O5S2/c1-17-15-22-23(16-18(17)2)34-25(28(22)13-14-32-3)26-24(29)19-9-11-27(12-10-19)35(30,31)21-7-5-20(33-4)6-8-21/h5-8,15-16,19H,9-14H2,1-4H3. The van der Waals surface area contributed by atoms with Gasteiger partial charge in [-0.05, 0) is 74.2 Å². The molecule has 0 saturated carbocycles. The Kier molecular flexibility index (Phi) is 7.75. The van der Waals surface area contributed by atoms with Crippen molar-refractivity contribution in [3.8, 4) is 5.75 Å². The van der Waals surface area contributed by atoms with Crippen molar-refractivity contribution in [3.63, 3.8) is 0 Å². The Morgan fingerprint density at radius 1 is 1.09 bits per heavy atom. The lowest BCUT2D eigenvalue weighted by Crippen LogP contribution is -2.40. The molecule has 2 aromatic carbocycles. The Morgan fingerprint density at radius 2 is 1.74 bits per heavy atom. The van der Waals surface area contributed by atoms with Gasteiger partial charge < -0.3 is 14.0 Å². The molecular weight excluding hydrogens is 486 g/mol. The lowest BCUT2D eigenvalue weighted by molar-refractivity contribution is -0.122. The predicted molar refractivity (Wildman–Crippen MR) is 136 cm³/mol. The lowest BCUT2D eigenvalue weighted by atomic mass is 9.98. The molecule has 1 amide bonds. The first kappa shape index (κ1) is 25.6. The molecule has 4 rings (SSSR count). The van der Waals surface area contributed by atoms with E-state index in [-0.39, 0.29) is 29.8 Å². The van der Waals surface area contributed by atoms with Crippen molar-refractivity contribution < 1.29 is 22.7 Å². The number of amides is 1. The van der Waals surface area contributed by atoms with Crippen LogP contribution in [0.1, 0.15) is 24.0 Å². The lowest BCUT2D eigenvalue weighted by Gasteiger charge is -2.29. The molecule has 0 bridgehead atoms. The first-order valence-electron chi connectivity index (χ1n) is 11.6. The van der Waals surface area contributed by atoms with Gasteiger partial charge in [0.25, 0.3) is 5.91 Å². The number of methoxy groups -OCH3 is 2. The second-order valence-electron chi connectivity index (χ2n) is 8.74. The van der Waals surface area contributed by atoms with E-state index in [9.17, 15) is 13.2 Å². The van der Waals surface area contributed by atoms with Crippen molar-refractivity contribution >= 4 is 37.5 Å². The first-order valence-corrected chi connectivity index (χ1v) is 13.8. The normalized spacial score (nSPS) is 16.2. The number of thiazole rings is 1. The molecule has 0 atom stereocenters. The number of hydrogen-bond donors (Lipinski definition) is 0. The molecule has 0 N–H and O–H groups in total. The third-order valence-electron chi connectivity index (χ3n) is 6.52. The van der Waals surface area contributed by atoms with E-state index in [1.54, 1.807) is 31.4 Å². The number of nitrogens with zero attached hydrogens (tertiary/aromatic N) is 3. The summed E-state index contributed by atoms with van der Waals surface area (Å²) in [6.07, 6.45) is 0.887. The summed E-state index contributed by atoms with van der Waals surface area (Å²) in [7, 11) is -0.427. The number of aryl methyl sites for hydroxylation is 2. The van der Waals surface area contributed by atoms with Gasteiger partial charge in [-0.15, -0.1) is 0 Å². The van der Waals surface area contributed by atoms with Gasteiger partial charge in [-0.1, -0.05) is 11.3 Å². The summed E-state index contributed by atoms with van der Waals surface area (Å²) in [4.78, 5) is 18.5. The number of carbonyl (C=O) groups excluding carboxylic acids is 1. The number of fused-ring (bicyclic) bond motifs is 1. The molecule has 0 spiro atoms. The number of rotatable bonds is 7. The maximum Gasteiger partial charge on any atom is 0.251 e. The largest absolute Gasteiger partial charge is 0.497 e. The van der Waals surface area contributed by atoms with E-state index in [1.807, 2.05) is 4.57 Å². The topological polar surface area (TPSA) is 90.2 Å². The van der Waals surface area contributed by atoms with Gasteiger partial charge in [0.2, 0.25) is 10.0 Å². The van der Waals surface area contributed by atoms with Gasteiger partial charge in [-0.2, -0.15) is 9.30 Å². The fraction of sp³-hybridized carbons (Fsp3) is 0.440. The minimum absolute atomic E-state index is 0.197. The zero-order chi connectivity index (χ0) is 25.2.